The number of hydrogen-bond donors (Lipinski definition) is 1. The molecule has 0 aliphatic rings. The lowest BCUT2D eigenvalue weighted by atomic mass is 10.1. The Morgan fingerprint density at radius 2 is 2.17 bits per heavy atom. The second-order valence-electron chi connectivity index (χ2n) is 4.00. The molecule has 18 heavy (non-hydrogen) atoms. The fourth-order valence-electron chi connectivity index (χ4n) is 1.76. The number of ether oxygens (including phenoxy) is 1. The standard InChI is InChI=1S/C14H15FN2O/c1-10(17-11-4-3-7-16-9-11)13-6-5-12(18-2)8-14(13)15/h3-10,17H,1-2H3. The predicted octanol–water partition coefficient (Wildman–Crippen LogP) is 3.40. The van der Waals surface area contributed by atoms with Crippen molar-refractivity contribution in [2.75, 3.05) is 12.4 Å². The van der Waals surface area contributed by atoms with E-state index in [1.165, 1.54) is 13.2 Å². The molecule has 4 heteroatoms. The van der Waals surface area contributed by atoms with Gasteiger partial charge in [-0.2, -0.15) is 0 Å². The lowest BCUT2D eigenvalue weighted by molar-refractivity contribution is 0.410. The lowest BCUT2D eigenvalue weighted by Crippen LogP contribution is -2.08. The van der Waals surface area contributed by atoms with Gasteiger partial charge in [0.15, 0.2) is 0 Å². The molecular formula is C14H15FN2O. The average Bonchev–Trinajstić information content (AvgIpc) is 2.39. The summed E-state index contributed by atoms with van der Waals surface area (Å²) in [6, 6.07) is 8.45. The van der Waals surface area contributed by atoms with Crippen molar-refractivity contribution in [3.8, 4) is 5.75 Å². The molecule has 1 atom stereocenters. The fraction of sp³-hybridized carbons (Fsp3) is 0.214. The normalized spacial score (nSPS) is 11.9. The highest BCUT2D eigenvalue weighted by molar-refractivity contribution is 5.43. The lowest BCUT2D eigenvalue weighted by Gasteiger charge is -2.16. The van der Waals surface area contributed by atoms with E-state index in [-0.39, 0.29) is 11.9 Å². The molecule has 94 valence electrons. The molecule has 0 amide bonds. The van der Waals surface area contributed by atoms with Gasteiger partial charge in [0.2, 0.25) is 0 Å². The first-order chi connectivity index (χ1) is 8.70. The van der Waals surface area contributed by atoms with E-state index in [1.54, 1.807) is 24.5 Å². The van der Waals surface area contributed by atoms with Crippen LogP contribution in [0, 0.1) is 5.82 Å². The Balaban J connectivity index is 2.16. The van der Waals surface area contributed by atoms with Crippen LogP contribution in [0.5, 0.6) is 5.75 Å². The molecule has 0 bridgehead atoms. The molecule has 2 aromatic rings. The summed E-state index contributed by atoms with van der Waals surface area (Å²) in [6.07, 6.45) is 3.40. The van der Waals surface area contributed by atoms with Gasteiger partial charge in [-0.3, -0.25) is 4.98 Å². The summed E-state index contributed by atoms with van der Waals surface area (Å²) in [5.74, 6) is 0.239. The molecule has 0 fully saturated rings. The van der Waals surface area contributed by atoms with Gasteiger partial charge in [-0.1, -0.05) is 6.07 Å². The van der Waals surface area contributed by atoms with E-state index in [2.05, 4.69) is 10.3 Å². The topological polar surface area (TPSA) is 34.1 Å². The van der Waals surface area contributed by atoms with Gasteiger partial charge in [0.05, 0.1) is 18.8 Å². The van der Waals surface area contributed by atoms with Gasteiger partial charge in [-0.05, 0) is 25.1 Å². The third-order valence-electron chi connectivity index (χ3n) is 2.72. The molecule has 2 rings (SSSR count). The number of benzene rings is 1. The molecule has 0 aliphatic carbocycles. The van der Waals surface area contributed by atoms with Gasteiger partial charge in [-0.15, -0.1) is 0 Å². The minimum absolute atomic E-state index is 0.139. The van der Waals surface area contributed by atoms with Gasteiger partial charge in [0.25, 0.3) is 0 Å². The Kier molecular flexibility index (Phi) is 3.77. The molecule has 0 aliphatic heterocycles. The van der Waals surface area contributed by atoms with Crippen molar-refractivity contribution in [2.24, 2.45) is 0 Å². The molecule has 1 heterocycles. The first kappa shape index (κ1) is 12.4. The number of rotatable bonds is 4. The van der Waals surface area contributed by atoms with E-state index in [1.807, 2.05) is 19.1 Å². The molecule has 1 aromatic carbocycles. The summed E-state index contributed by atoms with van der Waals surface area (Å²) in [4.78, 5) is 4.00. The van der Waals surface area contributed by atoms with Crippen molar-refractivity contribution in [3.63, 3.8) is 0 Å². The fourth-order valence-corrected chi connectivity index (χ4v) is 1.76. The predicted molar refractivity (Wildman–Crippen MR) is 69.2 cm³/mol. The van der Waals surface area contributed by atoms with Crippen molar-refractivity contribution in [1.29, 1.82) is 0 Å². The van der Waals surface area contributed by atoms with Crippen LogP contribution in [0.4, 0.5) is 10.1 Å². The van der Waals surface area contributed by atoms with Crippen molar-refractivity contribution in [2.45, 2.75) is 13.0 Å². The number of halogens is 1. The Morgan fingerprint density at radius 1 is 1.33 bits per heavy atom. The molecule has 0 saturated heterocycles. The van der Waals surface area contributed by atoms with Gasteiger partial charge in [0, 0.05) is 24.0 Å². The highest BCUT2D eigenvalue weighted by atomic mass is 19.1. The number of nitrogens with zero attached hydrogens (tertiary/aromatic N) is 1. The van der Waals surface area contributed by atoms with Crippen molar-refractivity contribution in [1.82, 2.24) is 4.98 Å². The maximum absolute atomic E-state index is 13.9. The Bertz CT molecular complexity index is 516. The minimum atomic E-state index is -0.279. The highest BCUT2D eigenvalue weighted by Crippen LogP contribution is 2.24. The van der Waals surface area contributed by atoms with Crippen LogP contribution in [-0.2, 0) is 0 Å². The summed E-state index contributed by atoms with van der Waals surface area (Å²) >= 11 is 0. The van der Waals surface area contributed by atoms with Crippen molar-refractivity contribution >= 4 is 5.69 Å². The van der Waals surface area contributed by atoms with Gasteiger partial charge in [-0.25, -0.2) is 4.39 Å². The summed E-state index contributed by atoms with van der Waals surface area (Å²) in [5.41, 5.74) is 1.46. The zero-order chi connectivity index (χ0) is 13.0. The van der Waals surface area contributed by atoms with E-state index in [4.69, 9.17) is 4.74 Å². The average molecular weight is 246 g/mol. The van der Waals surface area contributed by atoms with E-state index in [0.717, 1.165) is 5.69 Å². The first-order valence-electron chi connectivity index (χ1n) is 5.70. The summed E-state index contributed by atoms with van der Waals surface area (Å²) in [5, 5.41) is 3.19. The van der Waals surface area contributed by atoms with Crippen LogP contribution >= 0.6 is 0 Å². The zero-order valence-corrected chi connectivity index (χ0v) is 10.4. The molecule has 0 saturated carbocycles. The quantitative estimate of drug-likeness (QED) is 0.897. The van der Waals surface area contributed by atoms with E-state index < -0.39 is 0 Å². The second-order valence-corrected chi connectivity index (χ2v) is 4.00. The maximum atomic E-state index is 13.9. The first-order valence-corrected chi connectivity index (χ1v) is 5.70. The summed E-state index contributed by atoms with van der Waals surface area (Å²) in [7, 11) is 1.52. The molecule has 1 aromatic heterocycles. The SMILES string of the molecule is COc1ccc(C(C)Nc2cccnc2)c(F)c1. The third kappa shape index (κ3) is 2.77. The van der Waals surface area contributed by atoms with E-state index >= 15 is 0 Å². The van der Waals surface area contributed by atoms with Crippen LogP contribution < -0.4 is 10.1 Å². The maximum Gasteiger partial charge on any atom is 0.132 e. The minimum Gasteiger partial charge on any atom is -0.497 e. The smallest absolute Gasteiger partial charge is 0.132 e. The number of pyridine rings is 1. The second kappa shape index (κ2) is 5.49. The van der Waals surface area contributed by atoms with Crippen LogP contribution in [0.2, 0.25) is 0 Å². The molecule has 1 N–H and O–H groups in total. The van der Waals surface area contributed by atoms with Crippen LogP contribution in [0.1, 0.15) is 18.5 Å². The highest BCUT2D eigenvalue weighted by Gasteiger charge is 2.11. The Morgan fingerprint density at radius 3 is 2.78 bits per heavy atom. The van der Waals surface area contributed by atoms with Crippen molar-refractivity contribution in [3.05, 3.63) is 54.1 Å². The third-order valence-corrected chi connectivity index (χ3v) is 2.72. The van der Waals surface area contributed by atoms with Gasteiger partial charge < -0.3 is 10.1 Å². The van der Waals surface area contributed by atoms with E-state index in [0.29, 0.717) is 11.3 Å². The van der Waals surface area contributed by atoms with Gasteiger partial charge in [0.1, 0.15) is 11.6 Å². The summed E-state index contributed by atoms with van der Waals surface area (Å²) in [6.45, 7) is 1.90. The van der Waals surface area contributed by atoms with Crippen LogP contribution in [0.3, 0.4) is 0 Å². The van der Waals surface area contributed by atoms with Crippen molar-refractivity contribution < 1.29 is 9.13 Å². The number of methoxy groups -OCH3 is 1. The molecule has 3 nitrogen and oxygen atoms in total. The molecule has 0 spiro atoms. The Hall–Kier alpha value is -2.10. The van der Waals surface area contributed by atoms with E-state index in [9.17, 15) is 4.39 Å². The largest absolute Gasteiger partial charge is 0.497 e. The van der Waals surface area contributed by atoms with Crippen LogP contribution in [0.15, 0.2) is 42.7 Å². The summed E-state index contributed by atoms with van der Waals surface area (Å²) < 4.78 is 18.8. The molecule has 0 radical (unpaired) electrons. The molecular weight excluding hydrogens is 231 g/mol. The molecule has 1 unspecified atom stereocenters. The Labute approximate surface area is 106 Å². The van der Waals surface area contributed by atoms with Crippen LogP contribution in [0.25, 0.3) is 0 Å². The number of aromatic nitrogens is 1. The monoisotopic (exact) mass is 246 g/mol. The van der Waals surface area contributed by atoms with Crippen LogP contribution in [-0.4, -0.2) is 12.1 Å². The number of hydrogen-bond acceptors (Lipinski definition) is 3. The number of nitrogens with one attached hydrogen (secondary N) is 1. The number of anilines is 1. The van der Waals surface area contributed by atoms with Gasteiger partial charge >= 0.3 is 0 Å². The zero-order valence-electron chi connectivity index (χ0n) is 10.4.